The van der Waals surface area contributed by atoms with E-state index in [0.29, 0.717) is 6.61 Å². The van der Waals surface area contributed by atoms with E-state index in [0.717, 1.165) is 18.9 Å². The fourth-order valence-electron chi connectivity index (χ4n) is 2.44. The molecule has 0 aliphatic heterocycles. The lowest BCUT2D eigenvalue weighted by atomic mass is 9.81. The summed E-state index contributed by atoms with van der Waals surface area (Å²) in [7, 11) is 0. The van der Waals surface area contributed by atoms with Crippen LogP contribution in [-0.4, -0.2) is 18.8 Å². The first kappa shape index (κ1) is 12.0. The Labute approximate surface area is 88.2 Å². The van der Waals surface area contributed by atoms with E-state index in [1.807, 2.05) is 6.92 Å². The van der Waals surface area contributed by atoms with E-state index in [9.17, 15) is 0 Å². The van der Waals surface area contributed by atoms with Gasteiger partial charge < -0.3 is 10.5 Å². The molecule has 0 amide bonds. The number of nitrogens with two attached hydrogens (primary N) is 1. The molecule has 2 N–H and O–H groups in total. The van der Waals surface area contributed by atoms with Crippen molar-refractivity contribution in [2.24, 2.45) is 11.7 Å². The smallest absolute Gasteiger partial charge is 0.0643 e. The van der Waals surface area contributed by atoms with Crippen molar-refractivity contribution in [3.05, 3.63) is 0 Å². The summed E-state index contributed by atoms with van der Waals surface area (Å²) in [6.45, 7) is 5.63. The summed E-state index contributed by atoms with van der Waals surface area (Å²) in [6.07, 6.45) is 8.10. The van der Waals surface area contributed by atoms with Gasteiger partial charge in [-0.05, 0) is 26.2 Å². The van der Waals surface area contributed by atoms with Crippen molar-refractivity contribution in [3.63, 3.8) is 0 Å². The van der Waals surface area contributed by atoms with E-state index in [1.165, 1.54) is 32.1 Å². The largest absolute Gasteiger partial charge is 0.380 e. The molecule has 1 aliphatic carbocycles. The number of hydrogen-bond donors (Lipinski definition) is 1. The number of rotatable bonds is 5. The Morgan fingerprint density at radius 1 is 1.29 bits per heavy atom. The van der Waals surface area contributed by atoms with Crippen LogP contribution < -0.4 is 5.73 Å². The van der Waals surface area contributed by atoms with E-state index in [2.05, 4.69) is 6.92 Å². The molecular formula is C12H25NO. The number of hydrogen-bond acceptors (Lipinski definition) is 2. The molecular weight excluding hydrogens is 174 g/mol. The van der Waals surface area contributed by atoms with Gasteiger partial charge in [0.25, 0.3) is 0 Å². The zero-order valence-corrected chi connectivity index (χ0v) is 9.72. The molecule has 1 rings (SSSR count). The van der Waals surface area contributed by atoms with Gasteiger partial charge in [-0.15, -0.1) is 0 Å². The fourth-order valence-corrected chi connectivity index (χ4v) is 2.44. The highest BCUT2D eigenvalue weighted by atomic mass is 16.5. The van der Waals surface area contributed by atoms with E-state index < -0.39 is 0 Å². The highest BCUT2D eigenvalue weighted by molar-refractivity contribution is 4.82. The second kappa shape index (κ2) is 5.72. The summed E-state index contributed by atoms with van der Waals surface area (Å²) in [6, 6.07) is 0. The molecule has 2 nitrogen and oxygen atoms in total. The van der Waals surface area contributed by atoms with Gasteiger partial charge in [-0.1, -0.05) is 32.1 Å². The lowest BCUT2D eigenvalue weighted by Gasteiger charge is -2.31. The third kappa shape index (κ3) is 4.43. The standard InChI is InChI=1S/C12H25NO/c1-3-14-10-12(2,13)9-11-7-5-4-6-8-11/h11H,3-10,13H2,1-2H3. The summed E-state index contributed by atoms with van der Waals surface area (Å²) in [4.78, 5) is 0. The topological polar surface area (TPSA) is 35.2 Å². The average Bonchev–Trinajstić information content (AvgIpc) is 2.16. The summed E-state index contributed by atoms with van der Waals surface area (Å²) >= 11 is 0. The maximum absolute atomic E-state index is 6.21. The maximum atomic E-state index is 6.21. The van der Waals surface area contributed by atoms with Crippen molar-refractivity contribution in [2.45, 2.75) is 57.9 Å². The normalized spacial score (nSPS) is 23.4. The minimum atomic E-state index is -0.113. The van der Waals surface area contributed by atoms with Gasteiger partial charge in [-0.3, -0.25) is 0 Å². The van der Waals surface area contributed by atoms with Crippen LogP contribution in [0.2, 0.25) is 0 Å². The molecule has 14 heavy (non-hydrogen) atoms. The van der Waals surface area contributed by atoms with Gasteiger partial charge in [0, 0.05) is 12.1 Å². The molecule has 1 saturated carbocycles. The van der Waals surface area contributed by atoms with Crippen LogP contribution in [-0.2, 0) is 4.74 Å². The molecule has 1 atom stereocenters. The summed E-state index contributed by atoms with van der Waals surface area (Å²) in [5.74, 6) is 0.846. The molecule has 1 fully saturated rings. The van der Waals surface area contributed by atoms with Crippen LogP contribution in [0.4, 0.5) is 0 Å². The molecule has 0 aromatic carbocycles. The molecule has 1 aliphatic rings. The van der Waals surface area contributed by atoms with Crippen LogP contribution in [0.15, 0.2) is 0 Å². The molecule has 0 aromatic heterocycles. The zero-order valence-electron chi connectivity index (χ0n) is 9.72. The summed E-state index contributed by atoms with van der Waals surface area (Å²) in [5, 5.41) is 0. The molecule has 0 radical (unpaired) electrons. The summed E-state index contributed by atoms with van der Waals surface area (Å²) in [5.41, 5.74) is 6.10. The predicted octanol–water partition coefficient (Wildman–Crippen LogP) is 2.71. The van der Waals surface area contributed by atoms with Gasteiger partial charge in [0.05, 0.1) is 6.61 Å². The van der Waals surface area contributed by atoms with E-state index >= 15 is 0 Å². The average molecular weight is 199 g/mol. The Hall–Kier alpha value is -0.0800. The maximum Gasteiger partial charge on any atom is 0.0643 e. The van der Waals surface area contributed by atoms with Crippen molar-refractivity contribution < 1.29 is 4.74 Å². The van der Waals surface area contributed by atoms with Crippen molar-refractivity contribution >= 4 is 0 Å². The van der Waals surface area contributed by atoms with Gasteiger partial charge >= 0.3 is 0 Å². The Balaban J connectivity index is 2.25. The van der Waals surface area contributed by atoms with Crippen LogP contribution in [0.5, 0.6) is 0 Å². The first-order valence-corrected chi connectivity index (χ1v) is 6.00. The Morgan fingerprint density at radius 3 is 2.50 bits per heavy atom. The van der Waals surface area contributed by atoms with Crippen LogP contribution in [0.1, 0.15) is 52.4 Å². The van der Waals surface area contributed by atoms with Gasteiger partial charge in [0.15, 0.2) is 0 Å². The second-order valence-electron chi connectivity index (χ2n) is 5.00. The highest BCUT2D eigenvalue weighted by Crippen LogP contribution is 2.29. The van der Waals surface area contributed by atoms with Crippen LogP contribution in [0.3, 0.4) is 0 Å². The van der Waals surface area contributed by atoms with Crippen molar-refractivity contribution in [2.75, 3.05) is 13.2 Å². The third-order valence-electron chi connectivity index (χ3n) is 3.12. The number of ether oxygens (including phenoxy) is 1. The van der Waals surface area contributed by atoms with Crippen molar-refractivity contribution in [1.29, 1.82) is 0 Å². The van der Waals surface area contributed by atoms with E-state index in [1.54, 1.807) is 0 Å². The van der Waals surface area contributed by atoms with E-state index in [-0.39, 0.29) is 5.54 Å². The quantitative estimate of drug-likeness (QED) is 0.739. The van der Waals surface area contributed by atoms with Gasteiger partial charge in [0.2, 0.25) is 0 Å². The highest BCUT2D eigenvalue weighted by Gasteiger charge is 2.25. The van der Waals surface area contributed by atoms with Gasteiger partial charge in [-0.25, -0.2) is 0 Å². The SMILES string of the molecule is CCOCC(C)(N)CC1CCCCC1. The van der Waals surface area contributed by atoms with Crippen molar-refractivity contribution in [1.82, 2.24) is 0 Å². The van der Waals surface area contributed by atoms with Gasteiger partial charge in [0.1, 0.15) is 0 Å². The molecule has 0 spiro atoms. The first-order chi connectivity index (χ1) is 6.64. The van der Waals surface area contributed by atoms with Crippen LogP contribution in [0, 0.1) is 5.92 Å². The predicted molar refractivity (Wildman–Crippen MR) is 60.3 cm³/mol. The third-order valence-corrected chi connectivity index (χ3v) is 3.12. The van der Waals surface area contributed by atoms with Crippen molar-refractivity contribution in [3.8, 4) is 0 Å². The molecule has 0 bridgehead atoms. The molecule has 0 heterocycles. The lowest BCUT2D eigenvalue weighted by molar-refractivity contribution is 0.0860. The minimum absolute atomic E-state index is 0.113. The molecule has 1 unspecified atom stereocenters. The zero-order chi connectivity index (χ0) is 10.4. The minimum Gasteiger partial charge on any atom is -0.380 e. The lowest BCUT2D eigenvalue weighted by Crippen LogP contribution is -2.43. The van der Waals surface area contributed by atoms with Gasteiger partial charge in [-0.2, -0.15) is 0 Å². The fraction of sp³-hybridized carbons (Fsp3) is 1.00. The summed E-state index contributed by atoms with van der Waals surface area (Å²) < 4.78 is 5.41. The molecule has 2 heteroatoms. The Bertz CT molecular complexity index is 150. The monoisotopic (exact) mass is 199 g/mol. The Morgan fingerprint density at radius 2 is 1.93 bits per heavy atom. The Kier molecular flexibility index (Phi) is 4.90. The van der Waals surface area contributed by atoms with E-state index in [4.69, 9.17) is 10.5 Å². The van der Waals surface area contributed by atoms with Crippen LogP contribution in [0.25, 0.3) is 0 Å². The second-order valence-corrected chi connectivity index (χ2v) is 5.00. The molecule has 84 valence electrons. The first-order valence-electron chi connectivity index (χ1n) is 6.00. The van der Waals surface area contributed by atoms with Crippen LogP contribution >= 0.6 is 0 Å². The molecule has 0 aromatic rings. The molecule has 0 saturated heterocycles.